The maximum absolute atomic E-state index is 13.2. The minimum atomic E-state index is -0.654. The molecule has 0 unspecified atom stereocenters. The van der Waals surface area contributed by atoms with Crippen molar-refractivity contribution >= 4 is 29.0 Å². The first-order chi connectivity index (χ1) is 11.6. The second-order valence-electron chi connectivity index (χ2n) is 5.31. The molecule has 9 heteroatoms. The van der Waals surface area contributed by atoms with Crippen LogP contribution in [0.2, 0.25) is 5.02 Å². The van der Waals surface area contributed by atoms with E-state index in [4.69, 9.17) is 21.1 Å². The van der Waals surface area contributed by atoms with Gasteiger partial charge in [0.1, 0.15) is 0 Å². The molecule has 1 saturated heterocycles. The third-order valence-corrected chi connectivity index (χ3v) is 4.66. The molecule has 24 heavy (non-hydrogen) atoms. The molecule has 1 aliphatic heterocycles. The van der Waals surface area contributed by atoms with E-state index in [9.17, 15) is 9.18 Å². The average molecular weight is 372 g/mol. The third kappa shape index (κ3) is 4.40. The molecule has 0 spiro atoms. The summed E-state index contributed by atoms with van der Waals surface area (Å²) in [4.78, 5) is 19.4. The van der Waals surface area contributed by atoms with Gasteiger partial charge in [-0.25, -0.2) is 14.8 Å². The number of aromatic nitrogens is 2. The molecule has 1 fully saturated rings. The fourth-order valence-electron chi connectivity index (χ4n) is 2.33. The number of halogens is 2. The summed E-state index contributed by atoms with van der Waals surface area (Å²) in [6.07, 6.45) is 2.50. The summed E-state index contributed by atoms with van der Waals surface area (Å²) >= 11 is 7.12. The monoisotopic (exact) mass is 371 g/mol. The zero-order chi connectivity index (χ0) is 16.9. The summed E-state index contributed by atoms with van der Waals surface area (Å²) in [6, 6.07) is 1.19. The smallest absolute Gasteiger partial charge is 0.381 e. The molecule has 2 aromatic heterocycles. The first kappa shape index (κ1) is 17.1. The van der Waals surface area contributed by atoms with Crippen molar-refractivity contribution < 1.29 is 18.7 Å². The van der Waals surface area contributed by atoms with Crippen molar-refractivity contribution in [2.75, 3.05) is 19.8 Å². The van der Waals surface area contributed by atoms with E-state index >= 15 is 0 Å². The Labute approximate surface area is 147 Å². The molecular formula is C15H15ClFN3O3S. The topological polar surface area (TPSA) is 73.3 Å². The Morgan fingerprint density at radius 1 is 1.50 bits per heavy atom. The van der Waals surface area contributed by atoms with Gasteiger partial charge in [0.25, 0.3) is 5.19 Å². The standard InChI is InChI=1S/C15H15ClFN3O3S/c16-11-7-18-13(17)5-10(11)12-8-24-15(20-12)23-14(21)19-6-9-1-3-22-4-2-9/h5,7-9H,1-4,6H2,(H,19,21). The predicted octanol–water partition coefficient (Wildman–Crippen LogP) is 3.51. The zero-order valence-electron chi connectivity index (χ0n) is 12.6. The first-order valence-electron chi connectivity index (χ1n) is 7.42. The van der Waals surface area contributed by atoms with E-state index in [0.29, 0.717) is 23.7 Å². The number of carbonyl (C=O) groups excluding carboxylic acids is 1. The van der Waals surface area contributed by atoms with Crippen LogP contribution in [0.4, 0.5) is 9.18 Å². The molecule has 0 aliphatic carbocycles. The van der Waals surface area contributed by atoms with Crippen LogP contribution in [-0.2, 0) is 4.74 Å². The van der Waals surface area contributed by atoms with Crippen molar-refractivity contribution in [1.82, 2.24) is 15.3 Å². The van der Waals surface area contributed by atoms with Crippen molar-refractivity contribution in [3.05, 3.63) is 28.6 Å². The summed E-state index contributed by atoms with van der Waals surface area (Å²) in [5, 5.41) is 4.81. The number of hydrogen-bond donors (Lipinski definition) is 1. The highest BCUT2D eigenvalue weighted by Crippen LogP contribution is 2.31. The molecule has 3 heterocycles. The van der Waals surface area contributed by atoms with Gasteiger partial charge < -0.3 is 14.8 Å². The minimum absolute atomic E-state index is 0.169. The summed E-state index contributed by atoms with van der Waals surface area (Å²) in [5.41, 5.74) is 0.830. The largest absolute Gasteiger partial charge is 0.414 e. The maximum atomic E-state index is 13.2. The first-order valence-corrected chi connectivity index (χ1v) is 8.68. The van der Waals surface area contributed by atoms with Gasteiger partial charge in [0.15, 0.2) is 0 Å². The normalized spacial score (nSPS) is 15.2. The summed E-state index contributed by atoms with van der Waals surface area (Å²) in [6.45, 7) is 1.99. The Hall–Kier alpha value is -1.77. The van der Waals surface area contributed by atoms with E-state index in [0.717, 1.165) is 37.4 Å². The third-order valence-electron chi connectivity index (χ3n) is 3.64. The molecule has 1 N–H and O–H groups in total. The van der Waals surface area contributed by atoms with Crippen molar-refractivity contribution in [3.8, 4) is 16.5 Å². The van der Waals surface area contributed by atoms with Gasteiger partial charge in [0.2, 0.25) is 5.95 Å². The van der Waals surface area contributed by atoms with Gasteiger partial charge >= 0.3 is 6.09 Å². The Balaban J connectivity index is 1.57. The molecule has 0 aromatic carbocycles. The molecule has 3 rings (SSSR count). The molecule has 0 bridgehead atoms. The zero-order valence-corrected chi connectivity index (χ0v) is 14.2. The van der Waals surface area contributed by atoms with Crippen LogP contribution in [0.15, 0.2) is 17.6 Å². The van der Waals surface area contributed by atoms with Crippen molar-refractivity contribution in [1.29, 1.82) is 0 Å². The molecule has 0 radical (unpaired) electrons. The highest BCUT2D eigenvalue weighted by Gasteiger charge is 2.17. The number of carbonyl (C=O) groups is 1. The van der Waals surface area contributed by atoms with Crippen LogP contribution < -0.4 is 10.1 Å². The van der Waals surface area contributed by atoms with Crippen LogP contribution in [0.1, 0.15) is 12.8 Å². The van der Waals surface area contributed by atoms with E-state index in [-0.39, 0.29) is 10.2 Å². The molecule has 1 amide bonds. The summed E-state index contributed by atoms with van der Waals surface area (Å²) in [5.74, 6) is -0.254. The van der Waals surface area contributed by atoms with Gasteiger partial charge in [-0.05, 0) is 18.8 Å². The molecule has 0 atom stereocenters. The van der Waals surface area contributed by atoms with E-state index in [2.05, 4.69) is 15.3 Å². The SMILES string of the molecule is O=C(NCC1CCOCC1)Oc1nc(-c2cc(F)ncc2Cl)cs1. The minimum Gasteiger partial charge on any atom is -0.381 e. The quantitative estimate of drug-likeness (QED) is 0.832. The lowest BCUT2D eigenvalue weighted by atomic mass is 10.0. The Kier molecular flexibility index (Phi) is 5.60. The Morgan fingerprint density at radius 3 is 3.08 bits per heavy atom. The van der Waals surface area contributed by atoms with Gasteiger partial charge in [-0.2, -0.15) is 4.39 Å². The van der Waals surface area contributed by atoms with E-state index in [1.807, 2.05) is 0 Å². The number of amides is 1. The lowest BCUT2D eigenvalue weighted by Gasteiger charge is -2.21. The number of nitrogens with one attached hydrogen (secondary N) is 1. The highest BCUT2D eigenvalue weighted by molar-refractivity contribution is 7.11. The number of pyridine rings is 1. The number of thiazole rings is 1. The van der Waals surface area contributed by atoms with Crippen LogP contribution >= 0.6 is 22.9 Å². The van der Waals surface area contributed by atoms with Crippen LogP contribution in [0.25, 0.3) is 11.3 Å². The van der Waals surface area contributed by atoms with Gasteiger partial charge in [-0.1, -0.05) is 22.9 Å². The van der Waals surface area contributed by atoms with Gasteiger partial charge in [-0.15, -0.1) is 0 Å². The average Bonchev–Trinajstić information content (AvgIpc) is 3.04. The predicted molar refractivity (Wildman–Crippen MR) is 87.9 cm³/mol. The second kappa shape index (κ2) is 7.87. The Bertz CT molecular complexity index is 722. The lowest BCUT2D eigenvalue weighted by molar-refractivity contribution is 0.0663. The van der Waals surface area contributed by atoms with Gasteiger partial charge in [0, 0.05) is 43.0 Å². The van der Waals surface area contributed by atoms with Crippen molar-refractivity contribution in [2.45, 2.75) is 12.8 Å². The summed E-state index contributed by atoms with van der Waals surface area (Å²) in [7, 11) is 0. The fourth-order valence-corrected chi connectivity index (χ4v) is 3.20. The number of ether oxygens (including phenoxy) is 2. The van der Waals surface area contributed by atoms with Gasteiger partial charge in [-0.3, -0.25) is 0 Å². The number of hydrogen-bond acceptors (Lipinski definition) is 6. The van der Waals surface area contributed by atoms with Crippen LogP contribution in [-0.4, -0.2) is 35.8 Å². The van der Waals surface area contributed by atoms with E-state index in [1.165, 1.54) is 12.3 Å². The van der Waals surface area contributed by atoms with Crippen LogP contribution in [0, 0.1) is 11.9 Å². The lowest BCUT2D eigenvalue weighted by Crippen LogP contribution is -2.33. The van der Waals surface area contributed by atoms with Gasteiger partial charge in [0.05, 0.1) is 10.7 Å². The van der Waals surface area contributed by atoms with Crippen LogP contribution in [0.3, 0.4) is 0 Å². The highest BCUT2D eigenvalue weighted by atomic mass is 35.5. The van der Waals surface area contributed by atoms with E-state index < -0.39 is 12.0 Å². The van der Waals surface area contributed by atoms with Crippen molar-refractivity contribution in [2.24, 2.45) is 5.92 Å². The summed E-state index contributed by atoms with van der Waals surface area (Å²) < 4.78 is 23.7. The second-order valence-corrected chi connectivity index (χ2v) is 6.54. The maximum Gasteiger partial charge on any atom is 0.414 e. The van der Waals surface area contributed by atoms with Crippen LogP contribution in [0.5, 0.6) is 5.19 Å². The molecular weight excluding hydrogens is 357 g/mol. The number of rotatable bonds is 4. The van der Waals surface area contributed by atoms with E-state index in [1.54, 1.807) is 5.38 Å². The molecule has 2 aromatic rings. The fraction of sp³-hybridized carbons (Fsp3) is 0.400. The Morgan fingerprint density at radius 2 is 2.29 bits per heavy atom. The van der Waals surface area contributed by atoms with Crippen molar-refractivity contribution in [3.63, 3.8) is 0 Å². The molecule has 1 aliphatic rings. The molecule has 128 valence electrons. The number of nitrogens with zero attached hydrogens (tertiary/aromatic N) is 2. The molecule has 0 saturated carbocycles. The molecule has 6 nitrogen and oxygen atoms in total.